The number of hydrogen-bond donors (Lipinski definition) is 1. The Bertz CT molecular complexity index is 188. The lowest BCUT2D eigenvalue weighted by Gasteiger charge is -2.24. The van der Waals surface area contributed by atoms with E-state index in [4.69, 9.17) is 15.2 Å². The van der Waals surface area contributed by atoms with Crippen molar-refractivity contribution in [2.75, 3.05) is 20.3 Å². The van der Waals surface area contributed by atoms with Gasteiger partial charge in [-0.25, -0.2) is 0 Å². The van der Waals surface area contributed by atoms with Crippen LogP contribution in [0.3, 0.4) is 0 Å². The molecule has 0 saturated heterocycles. The van der Waals surface area contributed by atoms with E-state index >= 15 is 0 Å². The molecule has 0 aromatic rings. The number of hydrogen-bond acceptors (Lipinski definition) is 3. The van der Waals surface area contributed by atoms with Crippen molar-refractivity contribution in [1.82, 2.24) is 0 Å². The molecule has 0 aromatic carbocycles. The summed E-state index contributed by atoms with van der Waals surface area (Å²) >= 11 is 0. The summed E-state index contributed by atoms with van der Waals surface area (Å²) in [4.78, 5) is 0. The van der Waals surface area contributed by atoms with E-state index in [9.17, 15) is 0 Å². The molecule has 1 atom stereocenters. The third-order valence-electron chi connectivity index (χ3n) is 3.72. The Hall–Kier alpha value is -0.120. The molecule has 3 heteroatoms. The van der Waals surface area contributed by atoms with Crippen LogP contribution in [0.25, 0.3) is 0 Å². The van der Waals surface area contributed by atoms with Crippen LogP contribution in [-0.4, -0.2) is 32.0 Å². The largest absolute Gasteiger partial charge is 0.380 e. The highest BCUT2D eigenvalue weighted by atomic mass is 16.5. The minimum atomic E-state index is -0.0859. The predicted molar refractivity (Wildman–Crippen MR) is 66.5 cm³/mol. The summed E-state index contributed by atoms with van der Waals surface area (Å²) in [6.07, 6.45) is 6.17. The van der Waals surface area contributed by atoms with Gasteiger partial charge in [-0.2, -0.15) is 0 Å². The minimum Gasteiger partial charge on any atom is -0.380 e. The first-order valence-electron chi connectivity index (χ1n) is 6.43. The Morgan fingerprint density at radius 2 is 1.94 bits per heavy atom. The standard InChI is InChI=1S/C13H27NO2/c1-13(2,15-3)8-9-16-10-12(14)11-6-4-5-7-11/h11-12H,4-10,14H2,1-3H3. The molecule has 1 rings (SSSR count). The summed E-state index contributed by atoms with van der Waals surface area (Å²) in [5.41, 5.74) is 6.02. The van der Waals surface area contributed by atoms with Crippen molar-refractivity contribution in [2.45, 2.75) is 57.6 Å². The van der Waals surface area contributed by atoms with E-state index in [2.05, 4.69) is 13.8 Å². The van der Waals surface area contributed by atoms with Gasteiger partial charge in [-0.05, 0) is 39.0 Å². The van der Waals surface area contributed by atoms with Gasteiger partial charge in [0.15, 0.2) is 0 Å². The summed E-state index contributed by atoms with van der Waals surface area (Å²) in [5, 5.41) is 0. The summed E-state index contributed by atoms with van der Waals surface area (Å²) in [6, 6.07) is 0.230. The number of rotatable bonds is 7. The maximum Gasteiger partial charge on any atom is 0.0644 e. The van der Waals surface area contributed by atoms with Crippen LogP contribution in [0.2, 0.25) is 0 Å². The van der Waals surface area contributed by atoms with Crippen LogP contribution in [0.15, 0.2) is 0 Å². The second-order valence-electron chi connectivity index (χ2n) is 5.50. The zero-order chi connectivity index (χ0) is 12.0. The van der Waals surface area contributed by atoms with Crippen LogP contribution in [0.5, 0.6) is 0 Å². The first-order chi connectivity index (χ1) is 7.55. The van der Waals surface area contributed by atoms with Gasteiger partial charge in [0.05, 0.1) is 12.2 Å². The molecular weight excluding hydrogens is 202 g/mol. The normalized spacial score (nSPS) is 20.2. The average Bonchev–Trinajstić information content (AvgIpc) is 2.77. The summed E-state index contributed by atoms with van der Waals surface area (Å²) in [5.74, 6) is 0.690. The second-order valence-corrected chi connectivity index (χ2v) is 5.50. The lowest BCUT2D eigenvalue weighted by Crippen LogP contribution is -2.34. The van der Waals surface area contributed by atoms with Gasteiger partial charge >= 0.3 is 0 Å². The molecule has 0 heterocycles. The molecule has 0 radical (unpaired) electrons. The Labute approximate surface area is 99.7 Å². The molecule has 0 bridgehead atoms. The van der Waals surface area contributed by atoms with Gasteiger partial charge in [0.25, 0.3) is 0 Å². The third-order valence-corrected chi connectivity index (χ3v) is 3.72. The fraction of sp³-hybridized carbons (Fsp3) is 1.00. The first-order valence-corrected chi connectivity index (χ1v) is 6.43. The first kappa shape index (κ1) is 13.9. The van der Waals surface area contributed by atoms with E-state index in [0.717, 1.165) is 13.0 Å². The molecule has 1 unspecified atom stereocenters. The van der Waals surface area contributed by atoms with Gasteiger partial charge in [0.2, 0.25) is 0 Å². The monoisotopic (exact) mass is 229 g/mol. The minimum absolute atomic E-state index is 0.0859. The van der Waals surface area contributed by atoms with Gasteiger partial charge in [0.1, 0.15) is 0 Å². The highest BCUT2D eigenvalue weighted by molar-refractivity contribution is 4.77. The topological polar surface area (TPSA) is 44.5 Å². The average molecular weight is 229 g/mol. The smallest absolute Gasteiger partial charge is 0.0644 e. The van der Waals surface area contributed by atoms with Crippen LogP contribution in [0.4, 0.5) is 0 Å². The van der Waals surface area contributed by atoms with E-state index in [1.807, 2.05) is 0 Å². The van der Waals surface area contributed by atoms with Crippen LogP contribution in [0.1, 0.15) is 46.0 Å². The van der Waals surface area contributed by atoms with Crippen molar-refractivity contribution in [2.24, 2.45) is 11.7 Å². The second kappa shape index (κ2) is 6.58. The quantitative estimate of drug-likeness (QED) is 0.681. The summed E-state index contributed by atoms with van der Waals surface area (Å²) < 4.78 is 11.0. The van der Waals surface area contributed by atoms with E-state index < -0.39 is 0 Å². The lowest BCUT2D eigenvalue weighted by atomic mass is 10.00. The molecule has 1 saturated carbocycles. The Kier molecular flexibility index (Phi) is 5.73. The van der Waals surface area contributed by atoms with E-state index in [1.54, 1.807) is 7.11 Å². The highest BCUT2D eigenvalue weighted by Crippen LogP contribution is 2.26. The molecule has 96 valence electrons. The fourth-order valence-electron chi connectivity index (χ4n) is 2.16. The van der Waals surface area contributed by atoms with Gasteiger partial charge in [-0.15, -0.1) is 0 Å². The fourth-order valence-corrected chi connectivity index (χ4v) is 2.16. The molecule has 0 aliphatic heterocycles. The predicted octanol–water partition coefficient (Wildman–Crippen LogP) is 2.34. The number of ether oxygens (including phenoxy) is 2. The maximum atomic E-state index is 6.11. The molecule has 0 amide bonds. The molecule has 3 nitrogen and oxygen atoms in total. The molecule has 1 aliphatic carbocycles. The third kappa shape index (κ3) is 4.81. The Morgan fingerprint density at radius 1 is 1.31 bits per heavy atom. The van der Waals surface area contributed by atoms with Crippen LogP contribution >= 0.6 is 0 Å². The maximum absolute atomic E-state index is 6.11. The number of methoxy groups -OCH3 is 1. The molecule has 2 N–H and O–H groups in total. The molecule has 16 heavy (non-hydrogen) atoms. The summed E-state index contributed by atoms with van der Waals surface area (Å²) in [7, 11) is 1.74. The van der Waals surface area contributed by atoms with Crippen molar-refractivity contribution in [3.8, 4) is 0 Å². The van der Waals surface area contributed by atoms with E-state index in [1.165, 1.54) is 25.7 Å². The van der Waals surface area contributed by atoms with Crippen LogP contribution in [0, 0.1) is 5.92 Å². The van der Waals surface area contributed by atoms with Gasteiger partial charge in [-0.1, -0.05) is 12.8 Å². The molecule has 0 aromatic heterocycles. The van der Waals surface area contributed by atoms with Gasteiger partial charge < -0.3 is 15.2 Å². The van der Waals surface area contributed by atoms with Crippen molar-refractivity contribution in [1.29, 1.82) is 0 Å². The van der Waals surface area contributed by atoms with Crippen LogP contribution in [-0.2, 0) is 9.47 Å². The molecule has 1 fully saturated rings. The SMILES string of the molecule is COC(C)(C)CCOCC(N)C1CCCC1. The molecule has 0 spiro atoms. The Balaban J connectivity index is 2.06. The van der Waals surface area contributed by atoms with Gasteiger partial charge in [-0.3, -0.25) is 0 Å². The zero-order valence-electron chi connectivity index (χ0n) is 11.0. The van der Waals surface area contributed by atoms with Gasteiger partial charge in [0, 0.05) is 19.8 Å². The number of nitrogens with two attached hydrogens (primary N) is 1. The van der Waals surface area contributed by atoms with E-state index in [0.29, 0.717) is 12.5 Å². The molecule has 1 aliphatic rings. The Morgan fingerprint density at radius 3 is 2.50 bits per heavy atom. The highest BCUT2D eigenvalue weighted by Gasteiger charge is 2.22. The molecular formula is C13H27NO2. The van der Waals surface area contributed by atoms with Crippen molar-refractivity contribution < 1.29 is 9.47 Å². The lowest BCUT2D eigenvalue weighted by molar-refractivity contribution is -0.0128. The zero-order valence-corrected chi connectivity index (χ0v) is 11.0. The van der Waals surface area contributed by atoms with Crippen molar-refractivity contribution in [3.05, 3.63) is 0 Å². The van der Waals surface area contributed by atoms with Crippen LogP contribution < -0.4 is 5.73 Å². The van der Waals surface area contributed by atoms with Crippen molar-refractivity contribution in [3.63, 3.8) is 0 Å². The van der Waals surface area contributed by atoms with Crippen molar-refractivity contribution >= 4 is 0 Å². The van der Waals surface area contributed by atoms with E-state index in [-0.39, 0.29) is 11.6 Å². The summed E-state index contributed by atoms with van der Waals surface area (Å²) in [6.45, 7) is 5.59.